The van der Waals surface area contributed by atoms with Crippen molar-refractivity contribution in [3.63, 3.8) is 0 Å². The molecule has 0 unspecified atom stereocenters. The van der Waals surface area contributed by atoms with E-state index in [-0.39, 0.29) is 6.61 Å². The van der Waals surface area contributed by atoms with E-state index in [9.17, 15) is 0 Å². The minimum absolute atomic E-state index is 0.0484. The van der Waals surface area contributed by atoms with Crippen LogP contribution in [0.2, 0.25) is 0 Å². The van der Waals surface area contributed by atoms with Crippen LogP contribution in [0.3, 0.4) is 0 Å². The van der Waals surface area contributed by atoms with E-state index in [1.807, 2.05) is 6.07 Å². The molecule has 15 heavy (non-hydrogen) atoms. The van der Waals surface area contributed by atoms with Crippen LogP contribution < -0.4 is 5.32 Å². The molecule has 0 atom stereocenters. The van der Waals surface area contributed by atoms with Gasteiger partial charge in [-0.1, -0.05) is 6.58 Å². The molecule has 0 aliphatic carbocycles. The third-order valence-corrected chi connectivity index (χ3v) is 1.91. The van der Waals surface area contributed by atoms with E-state index in [4.69, 9.17) is 14.3 Å². The Morgan fingerprint density at radius 2 is 2.27 bits per heavy atom. The summed E-state index contributed by atoms with van der Waals surface area (Å²) in [5.41, 5.74) is 0. The number of aliphatic hydroxyl groups excluding tert-OH is 1. The molecule has 0 aliphatic rings. The summed E-state index contributed by atoms with van der Waals surface area (Å²) in [4.78, 5) is 0. The van der Waals surface area contributed by atoms with Crippen molar-refractivity contribution in [3.8, 4) is 0 Å². The van der Waals surface area contributed by atoms with Gasteiger partial charge in [0.2, 0.25) is 0 Å². The molecule has 1 heterocycles. The Morgan fingerprint density at radius 1 is 1.47 bits per heavy atom. The maximum Gasteiger partial charge on any atom is 0.129 e. The number of nitrogens with one attached hydrogen (secondary N) is 1. The van der Waals surface area contributed by atoms with Gasteiger partial charge in [0.15, 0.2) is 0 Å². The molecule has 4 nitrogen and oxygen atoms in total. The lowest BCUT2D eigenvalue weighted by molar-refractivity contribution is 0.239. The minimum Gasteiger partial charge on any atom is -0.502 e. The second kappa shape index (κ2) is 7.09. The number of hydrogen-bond acceptors (Lipinski definition) is 4. The van der Waals surface area contributed by atoms with E-state index in [0.29, 0.717) is 18.9 Å². The van der Waals surface area contributed by atoms with Crippen molar-refractivity contribution in [2.24, 2.45) is 0 Å². The highest BCUT2D eigenvalue weighted by molar-refractivity contribution is 5.05. The van der Waals surface area contributed by atoms with Crippen molar-refractivity contribution >= 4 is 0 Å². The maximum atomic E-state index is 8.78. The van der Waals surface area contributed by atoms with Gasteiger partial charge in [-0.05, 0) is 25.1 Å². The van der Waals surface area contributed by atoms with Gasteiger partial charge in [0.25, 0.3) is 0 Å². The van der Waals surface area contributed by atoms with E-state index in [1.54, 1.807) is 6.07 Å². The highest BCUT2D eigenvalue weighted by Gasteiger charge is 1.99. The molecule has 0 radical (unpaired) electrons. The van der Waals surface area contributed by atoms with Gasteiger partial charge >= 0.3 is 0 Å². The van der Waals surface area contributed by atoms with Crippen molar-refractivity contribution < 1.29 is 14.3 Å². The largest absolute Gasteiger partial charge is 0.502 e. The first-order valence-electron chi connectivity index (χ1n) is 4.98. The summed E-state index contributed by atoms with van der Waals surface area (Å²) >= 11 is 0. The lowest BCUT2D eigenvalue weighted by Crippen LogP contribution is -2.15. The summed E-state index contributed by atoms with van der Waals surface area (Å²) < 4.78 is 10.3. The topological polar surface area (TPSA) is 54.6 Å². The fourth-order valence-electron chi connectivity index (χ4n) is 1.18. The Kier molecular flexibility index (Phi) is 5.58. The number of furan rings is 1. The highest BCUT2D eigenvalue weighted by Crippen LogP contribution is 2.06. The average Bonchev–Trinajstić information content (AvgIpc) is 2.71. The molecule has 0 saturated carbocycles. The van der Waals surface area contributed by atoms with Gasteiger partial charge < -0.3 is 19.6 Å². The average molecular weight is 211 g/mol. The molecule has 0 amide bonds. The molecule has 1 rings (SSSR count). The van der Waals surface area contributed by atoms with Gasteiger partial charge in [0, 0.05) is 0 Å². The first-order chi connectivity index (χ1) is 7.36. The van der Waals surface area contributed by atoms with E-state index in [0.717, 1.165) is 18.7 Å². The van der Waals surface area contributed by atoms with E-state index < -0.39 is 0 Å². The normalized spacial score (nSPS) is 10.2. The molecule has 1 aromatic rings. The molecule has 0 aliphatic heterocycles. The smallest absolute Gasteiger partial charge is 0.129 e. The second-order valence-electron chi connectivity index (χ2n) is 3.09. The van der Waals surface area contributed by atoms with Crippen molar-refractivity contribution in [3.05, 3.63) is 36.5 Å². The first-order valence-corrected chi connectivity index (χ1v) is 4.98. The molecule has 0 saturated heterocycles. The summed E-state index contributed by atoms with van der Waals surface area (Å²) in [5, 5.41) is 12.0. The zero-order valence-corrected chi connectivity index (χ0v) is 8.74. The van der Waals surface area contributed by atoms with Crippen LogP contribution in [-0.4, -0.2) is 18.3 Å². The molecule has 0 spiro atoms. The number of aliphatic hydroxyl groups is 1. The number of ether oxygens (including phenoxy) is 1. The second-order valence-corrected chi connectivity index (χ2v) is 3.09. The van der Waals surface area contributed by atoms with Crippen molar-refractivity contribution in [1.82, 2.24) is 5.32 Å². The van der Waals surface area contributed by atoms with E-state index in [1.165, 1.54) is 6.26 Å². The van der Waals surface area contributed by atoms with Crippen LogP contribution in [0.5, 0.6) is 0 Å². The molecular formula is C11H17NO3. The fourth-order valence-corrected chi connectivity index (χ4v) is 1.18. The van der Waals surface area contributed by atoms with Crippen LogP contribution in [-0.2, 0) is 17.9 Å². The number of rotatable bonds is 8. The van der Waals surface area contributed by atoms with Crippen molar-refractivity contribution in [2.75, 3.05) is 13.2 Å². The predicted octanol–water partition coefficient (Wildman–Crippen LogP) is 1.41. The van der Waals surface area contributed by atoms with Gasteiger partial charge in [0.1, 0.15) is 18.1 Å². The Balaban J connectivity index is 2.06. The molecule has 0 aromatic carbocycles. The van der Waals surface area contributed by atoms with E-state index in [2.05, 4.69) is 11.9 Å². The SMILES string of the molecule is C=COCCCNCc1ccc(CO)o1. The third kappa shape index (κ3) is 4.67. The predicted molar refractivity (Wildman–Crippen MR) is 57.1 cm³/mol. The molecule has 84 valence electrons. The fraction of sp³-hybridized carbons (Fsp3) is 0.455. The molecule has 2 N–H and O–H groups in total. The summed E-state index contributed by atoms with van der Waals surface area (Å²) in [6, 6.07) is 3.64. The van der Waals surface area contributed by atoms with E-state index >= 15 is 0 Å². The summed E-state index contributed by atoms with van der Waals surface area (Å²) in [5.74, 6) is 1.44. The van der Waals surface area contributed by atoms with Gasteiger partial charge in [-0.3, -0.25) is 0 Å². The van der Waals surface area contributed by atoms with Crippen LogP contribution in [0.4, 0.5) is 0 Å². The zero-order valence-electron chi connectivity index (χ0n) is 8.74. The van der Waals surface area contributed by atoms with Crippen LogP contribution in [0.1, 0.15) is 17.9 Å². The Morgan fingerprint density at radius 3 is 2.93 bits per heavy atom. The lowest BCUT2D eigenvalue weighted by atomic mass is 10.4. The Hall–Kier alpha value is -1.26. The summed E-state index contributed by atoms with van der Waals surface area (Å²) in [6.45, 7) is 5.62. The first kappa shape index (κ1) is 11.8. The number of hydrogen-bond donors (Lipinski definition) is 2. The molecule has 0 bridgehead atoms. The van der Waals surface area contributed by atoms with Crippen molar-refractivity contribution in [2.45, 2.75) is 19.6 Å². The van der Waals surface area contributed by atoms with Gasteiger partial charge in [-0.15, -0.1) is 0 Å². The molecule has 4 heteroatoms. The quantitative estimate of drug-likeness (QED) is 0.504. The lowest BCUT2D eigenvalue weighted by Gasteiger charge is -2.02. The summed E-state index contributed by atoms with van der Waals surface area (Å²) in [6.07, 6.45) is 2.37. The van der Waals surface area contributed by atoms with Crippen LogP contribution in [0, 0.1) is 0 Å². The maximum absolute atomic E-state index is 8.78. The Labute approximate surface area is 89.5 Å². The molecule has 1 aromatic heterocycles. The molecular weight excluding hydrogens is 194 g/mol. The van der Waals surface area contributed by atoms with Gasteiger partial charge in [0.05, 0.1) is 19.4 Å². The monoisotopic (exact) mass is 211 g/mol. The highest BCUT2D eigenvalue weighted by atomic mass is 16.5. The van der Waals surface area contributed by atoms with Crippen LogP contribution >= 0.6 is 0 Å². The van der Waals surface area contributed by atoms with Gasteiger partial charge in [-0.25, -0.2) is 0 Å². The zero-order chi connectivity index (χ0) is 10.9. The van der Waals surface area contributed by atoms with Gasteiger partial charge in [-0.2, -0.15) is 0 Å². The third-order valence-electron chi connectivity index (χ3n) is 1.91. The molecule has 0 fully saturated rings. The van der Waals surface area contributed by atoms with Crippen molar-refractivity contribution in [1.29, 1.82) is 0 Å². The standard InChI is InChI=1S/C11H17NO3/c1-2-14-7-3-6-12-8-10-4-5-11(9-13)15-10/h2,4-5,12-13H,1,3,6-9H2. The minimum atomic E-state index is -0.0484. The summed E-state index contributed by atoms with van der Waals surface area (Å²) in [7, 11) is 0. The van der Waals surface area contributed by atoms with Crippen LogP contribution in [0.25, 0.3) is 0 Å². The Bertz CT molecular complexity index is 283. The van der Waals surface area contributed by atoms with Crippen LogP contribution in [0.15, 0.2) is 29.4 Å².